The largest absolute Gasteiger partial charge is 0.382 e. The van der Waals surface area contributed by atoms with E-state index in [-0.39, 0.29) is 5.38 Å². The lowest BCUT2D eigenvalue weighted by Gasteiger charge is -2.08. The first-order valence-corrected chi connectivity index (χ1v) is 5.16. The molecule has 0 bridgehead atoms. The van der Waals surface area contributed by atoms with Gasteiger partial charge in [0.05, 0.1) is 19.8 Å². The van der Waals surface area contributed by atoms with Gasteiger partial charge in [-0.3, -0.25) is 0 Å². The van der Waals surface area contributed by atoms with E-state index in [0.717, 1.165) is 26.1 Å². The van der Waals surface area contributed by atoms with Crippen LogP contribution in [-0.2, 0) is 9.47 Å². The SMILES string of the molecule is CCC(Cl)CNCCOCCOC. The Balaban J connectivity index is 2.91. The molecule has 0 aromatic carbocycles. The number of nitrogens with one attached hydrogen (secondary N) is 1. The van der Waals surface area contributed by atoms with Crippen molar-refractivity contribution in [3.63, 3.8) is 0 Å². The van der Waals surface area contributed by atoms with E-state index < -0.39 is 0 Å². The Labute approximate surface area is 85.7 Å². The molecule has 0 radical (unpaired) electrons. The topological polar surface area (TPSA) is 30.5 Å². The number of hydrogen-bond acceptors (Lipinski definition) is 3. The molecule has 0 aromatic rings. The molecule has 1 atom stereocenters. The smallest absolute Gasteiger partial charge is 0.0700 e. The van der Waals surface area contributed by atoms with Gasteiger partial charge in [-0.2, -0.15) is 0 Å². The Kier molecular flexibility index (Phi) is 10.4. The Morgan fingerprint density at radius 1 is 1.31 bits per heavy atom. The average Bonchev–Trinajstić information content (AvgIpc) is 2.16. The molecule has 0 aliphatic rings. The van der Waals surface area contributed by atoms with E-state index in [9.17, 15) is 0 Å². The summed E-state index contributed by atoms with van der Waals surface area (Å²) in [5.74, 6) is 0. The molecule has 1 unspecified atom stereocenters. The van der Waals surface area contributed by atoms with Crippen LogP contribution in [0.5, 0.6) is 0 Å². The number of halogens is 1. The zero-order valence-corrected chi connectivity index (χ0v) is 9.27. The van der Waals surface area contributed by atoms with Crippen LogP contribution in [0.25, 0.3) is 0 Å². The molecule has 13 heavy (non-hydrogen) atoms. The Hall–Kier alpha value is 0.170. The van der Waals surface area contributed by atoms with Crippen molar-refractivity contribution in [2.45, 2.75) is 18.7 Å². The van der Waals surface area contributed by atoms with Crippen molar-refractivity contribution in [3.05, 3.63) is 0 Å². The minimum atomic E-state index is 0.235. The first-order chi connectivity index (χ1) is 6.31. The van der Waals surface area contributed by atoms with Crippen molar-refractivity contribution in [1.29, 1.82) is 0 Å². The molecule has 0 aromatic heterocycles. The zero-order valence-electron chi connectivity index (χ0n) is 8.51. The standard InChI is InChI=1S/C9H20ClNO2/c1-3-9(10)8-11-4-5-13-7-6-12-2/h9,11H,3-8H2,1-2H3. The van der Waals surface area contributed by atoms with E-state index in [1.165, 1.54) is 0 Å². The van der Waals surface area contributed by atoms with Gasteiger partial charge in [0.2, 0.25) is 0 Å². The summed E-state index contributed by atoms with van der Waals surface area (Å²) in [6, 6.07) is 0. The summed E-state index contributed by atoms with van der Waals surface area (Å²) in [6.07, 6.45) is 0.999. The normalized spacial score (nSPS) is 13.2. The van der Waals surface area contributed by atoms with E-state index in [2.05, 4.69) is 12.2 Å². The lowest BCUT2D eigenvalue weighted by molar-refractivity contribution is 0.0720. The van der Waals surface area contributed by atoms with Crippen LogP contribution in [0, 0.1) is 0 Å². The summed E-state index contributed by atoms with van der Waals surface area (Å²) >= 11 is 5.90. The number of methoxy groups -OCH3 is 1. The number of ether oxygens (including phenoxy) is 2. The summed E-state index contributed by atoms with van der Waals surface area (Å²) in [6.45, 7) is 5.83. The van der Waals surface area contributed by atoms with Gasteiger partial charge in [-0.05, 0) is 6.42 Å². The molecular formula is C9H20ClNO2. The maximum Gasteiger partial charge on any atom is 0.0700 e. The average molecular weight is 210 g/mol. The second-order valence-corrected chi connectivity index (χ2v) is 3.43. The molecule has 0 fully saturated rings. The van der Waals surface area contributed by atoms with Crippen LogP contribution >= 0.6 is 11.6 Å². The third kappa shape index (κ3) is 10.1. The van der Waals surface area contributed by atoms with Crippen molar-refractivity contribution < 1.29 is 9.47 Å². The van der Waals surface area contributed by atoms with Gasteiger partial charge in [0, 0.05) is 25.6 Å². The van der Waals surface area contributed by atoms with Gasteiger partial charge in [0.25, 0.3) is 0 Å². The molecule has 0 rings (SSSR count). The van der Waals surface area contributed by atoms with Crippen LogP contribution < -0.4 is 5.32 Å². The van der Waals surface area contributed by atoms with Crippen LogP contribution in [0.1, 0.15) is 13.3 Å². The lowest BCUT2D eigenvalue weighted by atomic mass is 10.3. The van der Waals surface area contributed by atoms with Crippen molar-refractivity contribution in [2.24, 2.45) is 0 Å². The molecule has 0 saturated heterocycles. The van der Waals surface area contributed by atoms with E-state index in [1.54, 1.807) is 7.11 Å². The third-order valence-corrected chi connectivity index (χ3v) is 2.13. The van der Waals surface area contributed by atoms with E-state index >= 15 is 0 Å². The monoisotopic (exact) mass is 209 g/mol. The molecule has 0 saturated carbocycles. The predicted molar refractivity (Wildman–Crippen MR) is 55.5 cm³/mol. The molecule has 0 spiro atoms. The van der Waals surface area contributed by atoms with Crippen LogP contribution in [0.2, 0.25) is 0 Å². The predicted octanol–water partition coefficient (Wildman–Crippen LogP) is 1.26. The maximum absolute atomic E-state index is 5.90. The first-order valence-electron chi connectivity index (χ1n) is 4.72. The van der Waals surface area contributed by atoms with Crippen LogP contribution in [0.3, 0.4) is 0 Å². The maximum atomic E-state index is 5.90. The quantitative estimate of drug-likeness (QED) is 0.458. The fourth-order valence-electron chi connectivity index (χ4n) is 0.792. The van der Waals surface area contributed by atoms with E-state index in [4.69, 9.17) is 21.1 Å². The summed E-state index contributed by atoms with van der Waals surface area (Å²) in [7, 11) is 1.67. The van der Waals surface area contributed by atoms with Crippen LogP contribution in [-0.4, -0.2) is 45.4 Å². The van der Waals surface area contributed by atoms with E-state index in [1.807, 2.05) is 0 Å². The van der Waals surface area contributed by atoms with Crippen molar-refractivity contribution in [3.8, 4) is 0 Å². The Morgan fingerprint density at radius 3 is 2.69 bits per heavy atom. The highest BCUT2D eigenvalue weighted by atomic mass is 35.5. The van der Waals surface area contributed by atoms with Gasteiger partial charge >= 0.3 is 0 Å². The molecule has 0 heterocycles. The van der Waals surface area contributed by atoms with Gasteiger partial charge in [0.1, 0.15) is 0 Å². The minimum Gasteiger partial charge on any atom is -0.382 e. The minimum absolute atomic E-state index is 0.235. The fraction of sp³-hybridized carbons (Fsp3) is 1.00. The highest BCUT2D eigenvalue weighted by Gasteiger charge is 1.98. The van der Waals surface area contributed by atoms with Gasteiger partial charge in [-0.25, -0.2) is 0 Å². The number of alkyl halides is 1. The third-order valence-electron chi connectivity index (χ3n) is 1.66. The van der Waals surface area contributed by atoms with Gasteiger partial charge in [-0.1, -0.05) is 6.92 Å². The van der Waals surface area contributed by atoms with Crippen molar-refractivity contribution in [2.75, 3.05) is 40.0 Å². The molecule has 1 N–H and O–H groups in total. The van der Waals surface area contributed by atoms with Crippen molar-refractivity contribution >= 4 is 11.6 Å². The summed E-state index contributed by atoms with van der Waals surface area (Å²) in [4.78, 5) is 0. The Bertz CT molecular complexity index is 104. The summed E-state index contributed by atoms with van der Waals surface area (Å²) in [5, 5.41) is 3.45. The molecule has 0 aliphatic carbocycles. The summed E-state index contributed by atoms with van der Waals surface area (Å²) in [5.41, 5.74) is 0. The molecule has 0 aliphatic heterocycles. The number of hydrogen-bond donors (Lipinski definition) is 1. The molecule has 4 heteroatoms. The first kappa shape index (κ1) is 13.2. The summed E-state index contributed by atoms with van der Waals surface area (Å²) < 4.78 is 10.1. The van der Waals surface area contributed by atoms with Gasteiger partial charge in [-0.15, -0.1) is 11.6 Å². The molecular weight excluding hydrogens is 190 g/mol. The second kappa shape index (κ2) is 10.3. The number of rotatable bonds is 9. The molecule has 0 amide bonds. The zero-order chi connectivity index (χ0) is 9.94. The molecule has 3 nitrogen and oxygen atoms in total. The highest BCUT2D eigenvalue weighted by molar-refractivity contribution is 6.20. The van der Waals surface area contributed by atoms with Gasteiger partial charge < -0.3 is 14.8 Å². The van der Waals surface area contributed by atoms with Crippen LogP contribution in [0.4, 0.5) is 0 Å². The fourth-order valence-corrected chi connectivity index (χ4v) is 0.901. The second-order valence-electron chi connectivity index (χ2n) is 2.81. The van der Waals surface area contributed by atoms with Gasteiger partial charge in [0.15, 0.2) is 0 Å². The van der Waals surface area contributed by atoms with E-state index in [0.29, 0.717) is 13.2 Å². The Morgan fingerprint density at radius 2 is 2.08 bits per heavy atom. The van der Waals surface area contributed by atoms with Crippen molar-refractivity contribution in [1.82, 2.24) is 5.32 Å². The highest BCUT2D eigenvalue weighted by Crippen LogP contribution is 1.97. The lowest BCUT2D eigenvalue weighted by Crippen LogP contribution is -2.26. The van der Waals surface area contributed by atoms with Crippen LogP contribution in [0.15, 0.2) is 0 Å². The molecule has 80 valence electrons.